The molecule has 1 amide bonds. The van der Waals surface area contributed by atoms with Crippen molar-refractivity contribution in [1.82, 2.24) is 5.32 Å². The summed E-state index contributed by atoms with van der Waals surface area (Å²) in [5, 5.41) is 6.13. The van der Waals surface area contributed by atoms with Gasteiger partial charge in [-0.25, -0.2) is 4.79 Å². The zero-order chi connectivity index (χ0) is 21.0. The topological polar surface area (TPSA) is 38.3 Å². The van der Waals surface area contributed by atoms with E-state index in [1.54, 1.807) is 11.3 Å². The molecule has 0 bridgehead atoms. The standard InChI is InChI=1S/C27H21NO2S/c29-27(28-15-6-5-7-19-12-13-20-14-16-31-26(20)17-19)30-18-25-23-10-3-1-8-21(23)22-9-2-4-11-24(22)25/h1-4,8-14,16-17,25H,6,15,18H2,(H,28,29). The molecule has 152 valence electrons. The third-order valence-electron chi connectivity index (χ3n) is 5.55. The Kier molecular flexibility index (Phi) is 5.43. The molecule has 0 fully saturated rings. The molecular weight excluding hydrogens is 402 g/mol. The number of rotatable bonds is 4. The molecule has 4 aromatic rings. The van der Waals surface area contributed by atoms with Gasteiger partial charge in [-0.05, 0) is 51.2 Å². The van der Waals surface area contributed by atoms with Crippen molar-refractivity contribution in [2.75, 3.05) is 13.2 Å². The van der Waals surface area contributed by atoms with Gasteiger partial charge in [0.1, 0.15) is 6.61 Å². The van der Waals surface area contributed by atoms with E-state index in [-0.39, 0.29) is 5.92 Å². The summed E-state index contributed by atoms with van der Waals surface area (Å²) in [6.07, 6.45) is 0.177. The number of hydrogen-bond acceptors (Lipinski definition) is 3. The Morgan fingerprint density at radius 3 is 2.48 bits per heavy atom. The molecule has 0 saturated carbocycles. The molecule has 1 aliphatic rings. The quantitative estimate of drug-likeness (QED) is 0.314. The van der Waals surface area contributed by atoms with Gasteiger partial charge in [0.2, 0.25) is 0 Å². The van der Waals surface area contributed by atoms with E-state index in [2.05, 4.69) is 65.0 Å². The maximum Gasteiger partial charge on any atom is 0.407 e. The highest BCUT2D eigenvalue weighted by Crippen LogP contribution is 2.44. The van der Waals surface area contributed by atoms with Gasteiger partial charge < -0.3 is 10.1 Å². The van der Waals surface area contributed by atoms with E-state index >= 15 is 0 Å². The predicted octanol–water partition coefficient (Wildman–Crippen LogP) is 6.18. The van der Waals surface area contributed by atoms with E-state index in [9.17, 15) is 4.79 Å². The molecule has 31 heavy (non-hydrogen) atoms. The van der Waals surface area contributed by atoms with Crippen molar-refractivity contribution in [3.8, 4) is 23.0 Å². The molecule has 3 aromatic carbocycles. The second kappa shape index (κ2) is 8.67. The minimum absolute atomic E-state index is 0.0742. The maximum atomic E-state index is 12.2. The Bertz CT molecular complexity index is 1270. The van der Waals surface area contributed by atoms with Crippen molar-refractivity contribution in [2.24, 2.45) is 0 Å². The minimum atomic E-state index is -0.399. The zero-order valence-electron chi connectivity index (χ0n) is 16.9. The van der Waals surface area contributed by atoms with Crippen LogP contribution in [0.15, 0.2) is 78.2 Å². The maximum absolute atomic E-state index is 12.2. The summed E-state index contributed by atoms with van der Waals surface area (Å²) in [4.78, 5) is 12.2. The number of benzene rings is 3. The number of nitrogens with one attached hydrogen (secondary N) is 1. The van der Waals surface area contributed by atoms with E-state index < -0.39 is 6.09 Å². The Morgan fingerprint density at radius 2 is 1.71 bits per heavy atom. The van der Waals surface area contributed by atoms with Crippen molar-refractivity contribution in [2.45, 2.75) is 12.3 Å². The lowest BCUT2D eigenvalue weighted by Crippen LogP contribution is -2.26. The first kappa shape index (κ1) is 19.4. The van der Waals surface area contributed by atoms with E-state index in [0.717, 1.165) is 5.56 Å². The number of fused-ring (bicyclic) bond motifs is 4. The third-order valence-corrected chi connectivity index (χ3v) is 6.43. The van der Waals surface area contributed by atoms with E-state index in [4.69, 9.17) is 4.74 Å². The highest BCUT2D eigenvalue weighted by atomic mass is 32.1. The van der Waals surface area contributed by atoms with Crippen LogP contribution < -0.4 is 5.32 Å². The molecular formula is C27H21NO2S. The average Bonchev–Trinajstić information content (AvgIpc) is 3.40. The van der Waals surface area contributed by atoms with Crippen molar-refractivity contribution in [3.05, 3.63) is 94.9 Å². The first-order chi connectivity index (χ1) is 15.3. The van der Waals surface area contributed by atoms with E-state index in [1.807, 2.05) is 30.3 Å². The van der Waals surface area contributed by atoms with Crippen LogP contribution in [0.3, 0.4) is 0 Å². The second-order valence-corrected chi connectivity index (χ2v) is 8.43. The van der Waals surface area contributed by atoms with Crippen LogP contribution in [0.4, 0.5) is 4.79 Å². The average molecular weight is 424 g/mol. The second-order valence-electron chi connectivity index (χ2n) is 7.48. The van der Waals surface area contributed by atoms with Crippen LogP contribution in [0.5, 0.6) is 0 Å². The van der Waals surface area contributed by atoms with Crippen molar-refractivity contribution in [3.63, 3.8) is 0 Å². The normalized spacial score (nSPS) is 12.0. The number of carbonyl (C=O) groups is 1. The Morgan fingerprint density at radius 1 is 0.968 bits per heavy atom. The molecule has 3 nitrogen and oxygen atoms in total. The lowest BCUT2D eigenvalue weighted by molar-refractivity contribution is 0.143. The third kappa shape index (κ3) is 4.05. The zero-order valence-corrected chi connectivity index (χ0v) is 17.7. The fraction of sp³-hybridized carbons (Fsp3) is 0.148. The summed E-state index contributed by atoms with van der Waals surface area (Å²) in [7, 11) is 0. The van der Waals surface area contributed by atoms with Gasteiger partial charge in [-0.2, -0.15) is 0 Å². The van der Waals surface area contributed by atoms with Gasteiger partial charge in [0, 0.05) is 29.1 Å². The molecule has 4 heteroatoms. The SMILES string of the molecule is O=C(NCCC#Cc1ccc2ccsc2c1)OCC1c2ccccc2-c2ccccc21. The van der Waals surface area contributed by atoms with Crippen LogP contribution in [-0.4, -0.2) is 19.2 Å². The molecule has 1 aromatic heterocycles. The summed E-state index contributed by atoms with van der Waals surface area (Å²) in [6, 6.07) is 25.0. The minimum Gasteiger partial charge on any atom is -0.449 e. The monoisotopic (exact) mass is 423 g/mol. The van der Waals surface area contributed by atoms with Gasteiger partial charge in [-0.15, -0.1) is 11.3 Å². The number of hydrogen-bond donors (Lipinski definition) is 1. The fourth-order valence-corrected chi connectivity index (χ4v) is 4.90. The lowest BCUT2D eigenvalue weighted by atomic mass is 9.98. The fourth-order valence-electron chi connectivity index (χ4n) is 4.07. The first-order valence-corrected chi connectivity index (χ1v) is 11.2. The van der Waals surface area contributed by atoms with E-state index in [0.29, 0.717) is 19.6 Å². The molecule has 0 aliphatic heterocycles. The van der Waals surface area contributed by atoms with Crippen LogP contribution in [-0.2, 0) is 4.74 Å². The number of amides is 1. The summed E-state index contributed by atoms with van der Waals surface area (Å²) in [6.45, 7) is 0.789. The summed E-state index contributed by atoms with van der Waals surface area (Å²) >= 11 is 1.72. The number of ether oxygens (including phenoxy) is 1. The summed E-state index contributed by atoms with van der Waals surface area (Å²) in [5.41, 5.74) is 5.87. The molecule has 0 saturated heterocycles. The number of carbonyl (C=O) groups excluding carboxylic acids is 1. The summed E-state index contributed by atoms with van der Waals surface area (Å²) in [5.74, 6) is 6.36. The van der Waals surface area contributed by atoms with Crippen LogP contribution >= 0.6 is 11.3 Å². The van der Waals surface area contributed by atoms with Crippen LogP contribution in [0.2, 0.25) is 0 Å². The van der Waals surface area contributed by atoms with Gasteiger partial charge in [-0.3, -0.25) is 0 Å². The largest absolute Gasteiger partial charge is 0.449 e. The Labute approximate surface area is 185 Å². The molecule has 0 radical (unpaired) electrons. The van der Waals surface area contributed by atoms with Crippen molar-refractivity contribution < 1.29 is 9.53 Å². The molecule has 5 rings (SSSR count). The van der Waals surface area contributed by atoms with Crippen LogP contribution in [0, 0.1) is 11.8 Å². The van der Waals surface area contributed by atoms with Gasteiger partial charge in [0.05, 0.1) is 0 Å². The smallest absolute Gasteiger partial charge is 0.407 e. The van der Waals surface area contributed by atoms with Crippen molar-refractivity contribution in [1.29, 1.82) is 0 Å². The lowest BCUT2D eigenvalue weighted by Gasteiger charge is -2.14. The van der Waals surface area contributed by atoms with E-state index in [1.165, 1.54) is 32.3 Å². The van der Waals surface area contributed by atoms with Crippen molar-refractivity contribution >= 4 is 27.5 Å². The van der Waals surface area contributed by atoms with Crippen LogP contribution in [0.25, 0.3) is 21.2 Å². The van der Waals surface area contributed by atoms with Gasteiger partial charge >= 0.3 is 6.09 Å². The number of alkyl carbamates (subject to hydrolysis) is 1. The molecule has 1 aliphatic carbocycles. The van der Waals surface area contributed by atoms with Gasteiger partial charge in [0.25, 0.3) is 0 Å². The van der Waals surface area contributed by atoms with Crippen LogP contribution in [0.1, 0.15) is 29.0 Å². The molecule has 1 heterocycles. The molecule has 0 spiro atoms. The first-order valence-electron chi connectivity index (χ1n) is 10.3. The summed E-state index contributed by atoms with van der Waals surface area (Å²) < 4.78 is 6.79. The highest BCUT2D eigenvalue weighted by molar-refractivity contribution is 7.17. The highest BCUT2D eigenvalue weighted by Gasteiger charge is 2.28. The predicted molar refractivity (Wildman–Crippen MR) is 126 cm³/mol. The Hall–Kier alpha value is -3.55. The molecule has 0 atom stereocenters. The molecule has 0 unspecified atom stereocenters. The van der Waals surface area contributed by atoms with Gasteiger partial charge in [-0.1, -0.05) is 66.4 Å². The number of thiophene rings is 1. The molecule has 1 N–H and O–H groups in total. The Balaban J connectivity index is 1.14. The van der Waals surface area contributed by atoms with Gasteiger partial charge in [0.15, 0.2) is 0 Å².